The number of nitrogens with zero attached hydrogens (tertiary/aromatic N) is 3. The molecule has 232 valence electrons. The molecule has 4 aromatic carbocycles. The van der Waals surface area contributed by atoms with Crippen molar-refractivity contribution in [2.24, 2.45) is 0 Å². The van der Waals surface area contributed by atoms with Crippen molar-refractivity contribution in [1.29, 1.82) is 0 Å². The molecule has 2 N–H and O–H groups in total. The van der Waals surface area contributed by atoms with E-state index in [1.165, 1.54) is 28.8 Å². The van der Waals surface area contributed by atoms with Crippen LogP contribution in [0.25, 0.3) is 5.76 Å². The molecule has 1 amide bonds. The number of Topliss-reactive ketones (excluding diaryl/α,β-unsaturated/α-hetero) is 1. The summed E-state index contributed by atoms with van der Waals surface area (Å²) in [6, 6.07) is 24.9. The van der Waals surface area contributed by atoms with Crippen LogP contribution in [0.15, 0.2) is 101 Å². The quantitative estimate of drug-likeness (QED) is 0.0522. The largest absolute Gasteiger partial charge is 0.508 e. The van der Waals surface area contributed by atoms with Crippen LogP contribution >= 0.6 is 46.3 Å². The van der Waals surface area contributed by atoms with Crippen molar-refractivity contribution < 1.29 is 24.5 Å². The van der Waals surface area contributed by atoms with Gasteiger partial charge in [-0.15, -0.1) is 10.2 Å². The molecule has 1 unspecified atom stereocenters. The summed E-state index contributed by atoms with van der Waals surface area (Å²) < 4.78 is 6.48. The number of aliphatic hydroxyl groups is 1. The van der Waals surface area contributed by atoms with Crippen LogP contribution in [0.5, 0.6) is 11.5 Å². The van der Waals surface area contributed by atoms with Crippen molar-refractivity contribution in [3.05, 3.63) is 134 Å². The molecule has 1 atom stereocenters. The maximum absolute atomic E-state index is 13.5. The zero-order chi connectivity index (χ0) is 32.4. The van der Waals surface area contributed by atoms with E-state index in [0.717, 1.165) is 28.0 Å². The van der Waals surface area contributed by atoms with Crippen molar-refractivity contribution in [2.45, 2.75) is 29.7 Å². The third kappa shape index (κ3) is 6.61. The van der Waals surface area contributed by atoms with Gasteiger partial charge in [0.1, 0.15) is 23.9 Å². The summed E-state index contributed by atoms with van der Waals surface area (Å²) in [6.45, 7) is 2.39. The monoisotopic (exact) mass is 689 g/mol. The Hall–Kier alpha value is -4.35. The number of rotatable bonds is 9. The number of aliphatic hydroxyl groups excluding tert-OH is 1. The van der Waals surface area contributed by atoms with Crippen molar-refractivity contribution >= 4 is 68.9 Å². The Balaban J connectivity index is 1.29. The Bertz CT molecular complexity index is 1960. The number of amides is 1. The van der Waals surface area contributed by atoms with Crippen molar-refractivity contribution in [3.63, 3.8) is 0 Å². The van der Waals surface area contributed by atoms with Crippen LogP contribution in [-0.2, 0) is 21.9 Å². The summed E-state index contributed by atoms with van der Waals surface area (Å²) in [5.41, 5.74) is 3.73. The second-order valence-corrected chi connectivity index (χ2v) is 13.4. The Morgan fingerprint density at radius 1 is 0.957 bits per heavy atom. The van der Waals surface area contributed by atoms with E-state index in [-0.39, 0.29) is 22.2 Å². The third-order valence-electron chi connectivity index (χ3n) is 7.40. The molecule has 0 aliphatic carbocycles. The lowest BCUT2D eigenvalue weighted by Gasteiger charge is -2.22. The van der Waals surface area contributed by atoms with E-state index >= 15 is 0 Å². The SMILES string of the molecule is Cc1ccccc1COc1ccc(C(O)=C2C(=O)C(=O)N(c3nnc(SCc4ccc(Cl)cc4Cl)s3)C2c2ccc(O)cc2)cc1. The standard InChI is InChI=1S/C34H25Cl2N3O5S2/c1-19-4-2-3-5-22(19)17-44-26-14-9-21(10-15-26)30(41)28-29(20-7-12-25(40)13-8-20)39(32(43)31(28)42)33-37-38-34(46-33)45-18-23-6-11-24(35)16-27(23)36/h2-16,29,40-41H,17-18H2,1H3. The molecule has 1 fully saturated rings. The first-order chi connectivity index (χ1) is 22.2. The van der Waals surface area contributed by atoms with E-state index in [0.29, 0.717) is 43.6 Å². The number of phenolic OH excluding ortho intramolecular Hbond substituents is 1. The number of phenols is 1. The molecule has 1 aliphatic heterocycles. The molecular formula is C34H25Cl2N3O5S2. The summed E-state index contributed by atoms with van der Waals surface area (Å²) in [7, 11) is 0. The highest BCUT2D eigenvalue weighted by Crippen LogP contribution is 2.44. The van der Waals surface area contributed by atoms with E-state index in [2.05, 4.69) is 10.2 Å². The summed E-state index contributed by atoms with van der Waals surface area (Å²) in [5, 5.41) is 31.1. The van der Waals surface area contributed by atoms with Gasteiger partial charge in [-0.2, -0.15) is 0 Å². The number of benzene rings is 4. The fraction of sp³-hybridized carbons (Fsp3) is 0.118. The number of aryl methyl sites for hydroxylation is 1. The van der Waals surface area contributed by atoms with Crippen LogP contribution in [0, 0.1) is 6.92 Å². The van der Waals surface area contributed by atoms with Crippen molar-refractivity contribution in [2.75, 3.05) is 4.90 Å². The lowest BCUT2D eigenvalue weighted by Crippen LogP contribution is -2.29. The topological polar surface area (TPSA) is 113 Å². The number of hydrogen-bond donors (Lipinski definition) is 2. The second kappa shape index (κ2) is 13.6. The van der Waals surface area contributed by atoms with Crippen molar-refractivity contribution in [3.8, 4) is 11.5 Å². The van der Waals surface area contributed by atoms with Gasteiger partial charge in [-0.05, 0) is 77.7 Å². The van der Waals surface area contributed by atoms with Gasteiger partial charge in [-0.3, -0.25) is 14.5 Å². The minimum Gasteiger partial charge on any atom is -0.508 e. The molecule has 0 bridgehead atoms. The molecular weight excluding hydrogens is 665 g/mol. The van der Waals surface area contributed by atoms with Crippen LogP contribution in [0.1, 0.15) is 33.9 Å². The molecule has 0 saturated carbocycles. The number of carbonyl (C=O) groups is 2. The molecule has 6 rings (SSSR count). The number of ketones is 1. The van der Waals surface area contributed by atoms with Gasteiger partial charge in [0, 0.05) is 21.4 Å². The number of aromatic hydroxyl groups is 1. The zero-order valence-corrected chi connectivity index (χ0v) is 27.3. The first-order valence-corrected chi connectivity index (χ1v) is 16.5. The van der Waals surface area contributed by atoms with Gasteiger partial charge in [0.2, 0.25) is 5.13 Å². The number of halogens is 2. The Morgan fingerprint density at radius 2 is 1.70 bits per heavy atom. The molecule has 1 saturated heterocycles. The Labute approximate surface area is 282 Å². The lowest BCUT2D eigenvalue weighted by atomic mass is 9.95. The highest BCUT2D eigenvalue weighted by molar-refractivity contribution is 8.00. The summed E-state index contributed by atoms with van der Waals surface area (Å²) in [5.74, 6) is -0.998. The lowest BCUT2D eigenvalue weighted by molar-refractivity contribution is -0.132. The molecule has 8 nitrogen and oxygen atoms in total. The first kappa shape index (κ1) is 31.6. The minimum absolute atomic E-state index is 0.0115. The van der Waals surface area contributed by atoms with Crippen LogP contribution in [0.4, 0.5) is 5.13 Å². The summed E-state index contributed by atoms with van der Waals surface area (Å²) in [6.07, 6.45) is 0. The summed E-state index contributed by atoms with van der Waals surface area (Å²) in [4.78, 5) is 28.3. The smallest absolute Gasteiger partial charge is 0.301 e. The van der Waals surface area contributed by atoms with E-state index in [9.17, 15) is 19.8 Å². The number of anilines is 1. The molecule has 12 heteroatoms. The van der Waals surface area contributed by atoms with Gasteiger partial charge in [0.25, 0.3) is 5.78 Å². The van der Waals surface area contributed by atoms with E-state index in [4.69, 9.17) is 27.9 Å². The maximum atomic E-state index is 13.5. The van der Waals surface area contributed by atoms with Gasteiger partial charge in [0.15, 0.2) is 4.34 Å². The molecule has 1 aliphatic rings. The summed E-state index contributed by atoms with van der Waals surface area (Å²) >= 11 is 14.8. The van der Waals surface area contributed by atoms with E-state index in [1.807, 2.05) is 37.3 Å². The van der Waals surface area contributed by atoms with Crippen LogP contribution in [0.3, 0.4) is 0 Å². The van der Waals surface area contributed by atoms with Gasteiger partial charge >= 0.3 is 5.91 Å². The van der Waals surface area contributed by atoms with Crippen LogP contribution in [0.2, 0.25) is 10.0 Å². The number of aromatic nitrogens is 2. The molecule has 2 heterocycles. The molecule has 0 spiro atoms. The van der Waals surface area contributed by atoms with E-state index in [1.54, 1.807) is 48.5 Å². The zero-order valence-electron chi connectivity index (χ0n) is 24.2. The van der Waals surface area contributed by atoms with Gasteiger partial charge in [-0.1, -0.05) is 88.8 Å². The van der Waals surface area contributed by atoms with Crippen LogP contribution in [-0.4, -0.2) is 32.1 Å². The number of ether oxygens (including phenoxy) is 1. The highest BCUT2D eigenvalue weighted by atomic mass is 35.5. The Morgan fingerprint density at radius 3 is 2.41 bits per heavy atom. The Kier molecular flexibility index (Phi) is 9.32. The predicted octanol–water partition coefficient (Wildman–Crippen LogP) is 8.36. The molecule has 1 aromatic heterocycles. The second-order valence-electron chi connectivity index (χ2n) is 10.4. The predicted molar refractivity (Wildman–Crippen MR) is 181 cm³/mol. The number of hydrogen-bond acceptors (Lipinski definition) is 9. The first-order valence-electron chi connectivity index (χ1n) is 14.0. The van der Waals surface area contributed by atoms with Gasteiger partial charge in [0.05, 0.1) is 11.6 Å². The average Bonchev–Trinajstić information content (AvgIpc) is 3.62. The van der Waals surface area contributed by atoms with E-state index < -0.39 is 17.7 Å². The van der Waals surface area contributed by atoms with Crippen molar-refractivity contribution in [1.82, 2.24) is 10.2 Å². The highest BCUT2D eigenvalue weighted by Gasteiger charge is 2.48. The third-order valence-corrected chi connectivity index (χ3v) is 10.1. The molecule has 5 aromatic rings. The number of thioether (sulfide) groups is 1. The fourth-order valence-electron chi connectivity index (χ4n) is 4.94. The normalized spacial score (nSPS) is 15.8. The van der Waals surface area contributed by atoms with Crippen LogP contribution < -0.4 is 9.64 Å². The number of carbonyl (C=O) groups excluding carboxylic acids is 2. The average molecular weight is 691 g/mol. The van der Waals surface area contributed by atoms with Gasteiger partial charge in [-0.25, -0.2) is 0 Å². The fourth-order valence-corrected chi connectivity index (χ4v) is 7.36. The van der Waals surface area contributed by atoms with Gasteiger partial charge < -0.3 is 14.9 Å². The molecule has 46 heavy (non-hydrogen) atoms. The minimum atomic E-state index is -1.02. The maximum Gasteiger partial charge on any atom is 0.301 e. The molecule has 0 radical (unpaired) electrons.